The lowest BCUT2D eigenvalue weighted by Crippen LogP contribution is -2.12. The van der Waals surface area contributed by atoms with Gasteiger partial charge in [0.2, 0.25) is 0 Å². The first-order chi connectivity index (χ1) is 9.11. The Morgan fingerprint density at radius 2 is 1.95 bits per heavy atom. The number of aliphatic hydroxyl groups excluding tert-OH is 1. The van der Waals surface area contributed by atoms with Crippen LogP contribution < -0.4 is 10.5 Å². The fourth-order valence-electron chi connectivity index (χ4n) is 1.65. The van der Waals surface area contributed by atoms with Crippen LogP contribution in [-0.4, -0.2) is 11.0 Å². The zero-order valence-corrected chi connectivity index (χ0v) is 10.7. The molecule has 2 aromatic rings. The fraction of sp³-hybridized carbons (Fsp3) is 0.0714. The first-order valence-corrected chi connectivity index (χ1v) is 5.95. The SMILES string of the molecule is NC(=O)c1ccccc1Oc1ccc(Cl)cc1CO. The van der Waals surface area contributed by atoms with Gasteiger partial charge in [0.25, 0.3) is 5.91 Å². The van der Waals surface area contributed by atoms with Crippen LogP contribution in [0.5, 0.6) is 11.5 Å². The molecule has 1 amide bonds. The molecule has 0 spiro atoms. The molecule has 0 unspecified atom stereocenters. The van der Waals surface area contributed by atoms with Crippen molar-refractivity contribution in [2.75, 3.05) is 0 Å². The van der Waals surface area contributed by atoms with E-state index in [1.165, 1.54) is 0 Å². The maximum Gasteiger partial charge on any atom is 0.252 e. The van der Waals surface area contributed by atoms with Crippen LogP contribution in [0.3, 0.4) is 0 Å². The number of rotatable bonds is 4. The summed E-state index contributed by atoms with van der Waals surface area (Å²) < 4.78 is 5.63. The standard InChI is InChI=1S/C14H12ClNO3/c15-10-5-6-12(9(7-10)8-17)19-13-4-2-1-3-11(13)14(16)18/h1-7,17H,8H2,(H2,16,18). The molecule has 0 aliphatic carbocycles. The highest BCUT2D eigenvalue weighted by atomic mass is 35.5. The number of ether oxygens (including phenoxy) is 1. The van der Waals surface area contributed by atoms with Gasteiger partial charge in [-0.2, -0.15) is 0 Å². The number of benzene rings is 2. The molecular weight excluding hydrogens is 266 g/mol. The van der Waals surface area contributed by atoms with Gasteiger partial charge < -0.3 is 15.6 Å². The molecule has 0 aliphatic heterocycles. The zero-order valence-electron chi connectivity index (χ0n) is 9.97. The van der Waals surface area contributed by atoms with Crippen molar-refractivity contribution in [2.24, 2.45) is 5.73 Å². The normalized spacial score (nSPS) is 10.2. The Morgan fingerprint density at radius 1 is 1.21 bits per heavy atom. The van der Waals surface area contributed by atoms with Gasteiger partial charge in [0.1, 0.15) is 11.5 Å². The average molecular weight is 278 g/mol. The molecule has 3 N–H and O–H groups in total. The number of aliphatic hydroxyl groups is 1. The molecule has 0 aromatic heterocycles. The van der Waals surface area contributed by atoms with E-state index >= 15 is 0 Å². The molecule has 0 heterocycles. The largest absolute Gasteiger partial charge is 0.456 e. The molecule has 0 saturated heterocycles. The van der Waals surface area contributed by atoms with E-state index < -0.39 is 5.91 Å². The highest BCUT2D eigenvalue weighted by Gasteiger charge is 2.11. The van der Waals surface area contributed by atoms with Crippen LogP contribution in [0, 0.1) is 0 Å². The van der Waals surface area contributed by atoms with E-state index in [4.69, 9.17) is 22.1 Å². The van der Waals surface area contributed by atoms with Gasteiger partial charge in [-0.1, -0.05) is 23.7 Å². The molecule has 98 valence electrons. The Labute approximate surface area is 115 Å². The number of amides is 1. The summed E-state index contributed by atoms with van der Waals surface area (Å²) in [5.41, 5.74) is 6.09. The summed E-state index contributed by atoms with van der Waals surface area (Å²) in [6, 6.07) is 11.5. The number of hydrogen-bond donors (Lipinski definition) is 2. The summed E-state index contributed by atoms with van der Waals surface area (Å²) in [4.78, 5) is 11.3. The fourth-order valence-corrected chi connectivity index (χ4v) is 1.84. The average Bonchev–Trinajstić information content (AvgIpc) is 2.41. The summed E-state index contributed by atoms with van der Waals surface area (Å²) in [5, 5.41) is 9.77. The van der Waals surface area contributed by atoms with Gasteiger partial charge in [0.05, 0.1) is 12.2 Å². The van der Waals surface area contributed by atoms with Gasteiger partial charge in [-0.05, 0) is 30.3 Å². The number of para-hydroxylation sites is 1. The van der Waals surface area contributed by atoms with E-state index in [2.05, 4.69) is 0 Å². The van der Waals surface area contributed by atoms with Crippen LogP contribution in [0.25, 0.3) is 0 Å². The van der Waals surface area contributed by atoms with Gasteiger partial charge in [-0.15, -0.1) is 0 Å². The van der Waals surface area contributed by atoms with E-state index in [1.54, 1.807) is 42.5 Å². The smallest absolute Gasteiger partial charge is 0.252 e. The quantitative estimate of drug-likeness (QED) is 0.902. The molecule has 0 radical (unpaired) electrons. The van der Waals surface area contributed by atoms with Crippen molar-refractivity contribution in [1.82, 2.24) is 0 Å². The van der Waals surface area contributed by atoms with Crippen LogP contribution in [-0.2, 0) is 6.61 Å². The van der Waals surface area contributed by atoms with Crippen molar-refractivity contribution in [3.05, 3.63) is 58.6 Å². The number of halogens is 1. The van der Waals surface area contributed by atoms with E-state index in [-0.39, 0.29) is 12.2 Å². The summed E-state index contributed by atoms with van der Waals surface area (Å²) in [5.74, 6) is 0.197. The second-order valence-corrected chi connectivity index (χ2v) is 4.31. The summed E-state index contributed by atoms with van der Waals surface area (Å²) >= 11 is 5.84. The van der Waals surface area contributed by atoms with Gasteiger partial charge in [-0.3, -0.25) is 4.79 Å². The number of nitrogens with two attached hydrogens (primary N) is 1. The molecule has 0 atom stereocenters. The molecule has 19 heavy (non-hydrogen) atoms. The molecule has 0 bridgehead atoms. The summed E-state index contributed by atoms with van der Waals surface area (Å²) in [6.07, 6.45) is 0. The van der Waals surface area contributed by atoms with Crippen LogP contribution in [0.15, 0.2) is 42.5 Å². The topological polar surface area (TPSA) is 72.6 Å². The molecule has 0 fully saturated rings. The molecule has 4 nitrogen and oxygen atoms in total. The number of hydrogen-bond acceptors (Lipinski definition) is 3. The minimum Gasteiger partial charge on any atom is -0.456 e. The number of primary amides is 1. The Hall–Kier alpha value is -2.04. The van der Waals surface area contributed by atoms with Crippen molar-refractivity contribution in [2.45, 2.75) is 6.61 Å². The summed E-state index contributed by atoms with van der Waals surface area (Å²) in [6.45, 7) is -0.214. The number of carbonyl (C=O) groups is 1. The molecule has 0 aliphatic rings. The van der Waals surface area contributed by atoms with Gasteiger partial charge in [-0.25, -0.2) is 0 Å². The molecule has 2 aromatic carbocycles. The van der Waals surface area contributed by atoms with Crippen molar-refractivity contribution in [1.29, 1.82) is 0 Å². The Kier molecular flexibility index (Phi) is 4.04. The predicted molar refractivity (Wildman–Crippen MR) is 72.4 cm³/mol. The van der Waals surface area contributed by atoms with Crippen molar-refractivity contribution < 1.29 is 14.6 Å². The minimum absolute atomic E-state index is 0.214. The third kappa shape index (κ3) is 3.05. The van der Waals surface area contributed by atoms with Gasteiger partial charge in [0, 0.05) is 10.6 Å². The van der Waals surface area contributed by atoms with E-state index in [0.29, 0.717) is 22.1 Å². The lowest BCUT2D eigenvalue weighted by Gasteiger charge is -2.12. The van der Waals surface area contributed by atoms with E-state index in [9.17, 15) is 9.90 Å². The monoisotopic (exact) mass is 277 g/mol. The third-order valence-corrected chi connectivity index (χ3v) is 2.80. The molecule has 0 saturated carbocycles. The number of carbonyl (C=O) groups excluding carboxylic acids is 1. The second-order valence-electron chi connectivity index (χ2n) is 3.87. The molecule has 5 heteroatoms. The Morgan fingerprint density at radius 3 is 2.63 bits per heavy atom. The second kappa shape index (κ2) is 5.73. The first kappa shape index (κ1) is 13.4. The van der Waals surface area contributed by atoms with E-state index in [0.717, 1.165) is 0 Å². The van der Waals surface area contributed by atoms with Gasteiger partial charge >= 0.3 is 0 Å². The molecular formula is C14H12ClNO3. The van der Waals surface area contributed by atoms with E-state index in [1.807, 2.05) is 0 Å². The maximum absolute atomic E-state index is 11.3. The zero-order chi connectivity index (χ0) is 13.8. The van der Waals surface area contributed by atoms with Crippen LogP contribution in [0.1, 0.15) is 15.9 Å². The maximum atomic E-state index is 11.3. The van der Waals surface area contributed by atoms with Crippen molar-refractivity contribution >= 4 is 17.5 Å². The van der Waals surface area contributed by atoms with Crippen LogP contribution >= 0.6 is 11.6 Å². The third-order valence-electron chi connectivity index (χ3n) is 2.57. The van der Waals surface area contributed by atoms with Crippen LogP contribution in [0.4, 0.5) is 0 Å². The summed E-state index contributed by atoms with van der Waals surface area (Å²) in [7, 11) is 0. The van der Waals surface area contributed by atoms with Crippen molar-refractivity contribution in [3.8, 4) is 11.5 Å². The highest BCUT2D eigenvalue weighted by molar-refractivity contribution is 6.30. The lowest BCUT2D eigenvalue weighted by molar-refractivity contribution is 0.0998. The van der Waals surface area contributed by atoms with Gasteiger partial charge in [0.15, 0.2) is 0 Å². The van der Waals surface area contributed by atoms with Crippen molar-refractivity contribution in [3.63, 3.8) is 0 Å². The predicted octanol–water partition coefficient (Wildman–Crippen LogP) is 2.72. The Bertz CT molecular complexity index is 613. The van der Waals surface area contributed by atoms with Crippen LogP contribution in [0.2, 0.25) is 5.02 Å². The first-order valence-electron chi connectivity index (χ1n) is 5.58. The highest BCUT2D eigenvalue weighted by Crippen LogP contribution is 2.29. The minimum atomic E-state index is -0.574. The molecule has 2 rings (SSSR count). The lowest BCUT2D eigenvalue weighted by atomic mass is 10.2. The Balaban J connectivity index is 2.39.